The number of nitrogens with one attached hydrogen (secondary N) is 1. The van der Waals surface area contributed by atoms with Crippen molar-refractivity contribution in [3.63, 3.8) is 0 Å². The Balaban J connectivity index is 1.80. The summed E-state index contributed by atoms with van der Waals surface area (Å²) < 4.78 is 10.7. The second-order valence-electron chi connectivity index (χ2n) is 4.66. The summed E-state index contributed by atoms with van der Waals surface area (Å²) >= 11 is 1.30. The molecule has 2 heterocycles. The van der Waals surface area contributed by atoms with Crippen LogP contribution in [-0.4, -0.2) is 37.2 Å². The first-order valence-corrected chi connectivity index (χ1v) is 7.72. The zero-order valence-corrected chi connectivity index (χ0v) is 12.3. The van der Waals surface area contributed by atoms with E-state index in [1.807, 2.05) is 6.92 Å². The van der Waals surface area contributed by atoms with Gasteiger partial charge in [0, 0.05) is 13.2 Å². The summed E-state index contributed by atoms with van der Waals surface area (Å²) in [5.74, 6) is -0.702. The zero-order chi connectivity index (χ0) is 14.4. The van der Waals surface area contributed by atoms with Gasteiger partial charge in [-0.25, -0.2) is 4.79 Å². The third-order valence-electron chi connectivity index (χ3n) is 3.16. The second-order valence-corrected chi connectivity index (χ2v) is 5.61. The smallest absolute Gasteiger partial charge is 0.349 e. The lowest BCUT2D eigenvalue weighted by atomic mass is 10.2. The molecule has 1 N–H and O–H groups in total. The first-order valence-electron chi connectivity index (χ1n) is 6.84. The molecule has 1 saturated heterocycles. The topological polar surface area (TPSA) is 64.6 Å². The van der Waals surface area contributed by atoms with Crippen molar-refractivity contribution >= 4 is 23.2 Å². The van der Waals surface area contributed by atoms with Crippen molar-refractivity contribution < 1.29 is 19.1 Å². The van der Waals surface area contributed by atoms with E-state index in [2.05, 4.69) is 5.32 Å². The first-order chi connectivity index (χ1) is 9.70. The van der Waals surface area contributed by atoms with E-state index in [-0.39, 0.29) is 12.0 Å². The lowest BCUT2D eigenvalue weighted by Crippen LogP contribution is -2.40. The number of hydrogen-bond acceptors (Lipinski definition) is 5. The fourth-order valence-electron chi connectivity index (χ4n) is 2.04. The standard InChI is InChI=1S/C14H19NO4S/c1-2-11(19-14(17)12-6-4-8-20-12)13(16)15-9-10-5-3-7-18-10/h4,6,8,10-11H,2-3,5,7,9H2,1H3,(H,15,16)/t10-,11+/m1/s1. The normalized spacial score (nSPS) is 19.6. The second kappa shape index (κ2) is 7.40. The molecular weight excluding hydrogens is 278 g/mol. The van der Waals surface area contributed by atoms with Crippen LogP contribution in [0.25, 0.3) is 0 Å². The Morgan fingerprint density at radius 1 is 1.60 bits per heavy atom. The largest absolute Gasteiger partial charge is 0.448 e. The van der Waals surface area contributed by atoms with Gasteiger partial charge < -0.3 is 14.8 Å². The Hall–Kier alpha value is -1.40. The Morgan fingerprint density at radius 3 is 3.05 bits per heavy atom. The number of amides is 1. The minimum Gasteiger partial charge on any atom is -0.448 e. The van der Waals surface area contributed by atoms with Crippen LogP contribution >= 0.6 is 11.3 Å². The lowest BCUT2D eigenvalue weighted by Gasteiger charge is -2.17. The molecule has 110 valence electrons. The molecule has 1 fully saturated rings. The van der Waals surface area contributed by atoms with Gasteiger partial charge in [-0.1, -0.05) is 13.0 Å². The predicted octanol–water partition coefficient (Wildman–Crippen LogP) is 1.98. The highest BCUT2D eigenvalue weighted by molar-refractivity contribution is 7.11. The summed E-state index contributed by atoms with van der Waals surface area (Å²) in [7, 11) is 0. The molecule has 0 aliphatic carbocycles. The average Bonchev–Trinajstić information content (AvgIpc) is 3.13. The quantitative estimate of drug-likeness (QED) is 0.815. The highest BCUT2D eigenvalue weighted by Crippen LogP contribution is 2.13. The van der Waals surface area contributed by atoms with Gasteiger partial charge in [0.25, 0.3) is 5.91 Å². The first kappa shape index (κ1) is 15.0. The summed E-state index contributed by atoms with van der Waals surface area (Å²) in [6.07, 6.45) is 1.79. The maximum absolute atomic E-state index is 12.0. The van der Waals surface area contributed by atoms with Gasteiger partial charge in [0.2, 0.25) is 0 Å². The van der Waals surface area contributed by atoms with Gasteiger partial charge in [0.15, 0.2) is 6.10 Å². The SMILES string of the molecule is CC[C@H](OC(=O)c1cccs1)C(=O)NC[C@H]1CCCO1. The molecule has 2 rings (SSSR count). The molecule has 0 spiro atoms. The summed E-state index contributed by atoms with van der Waals surface area (Å²) in [6.45, 7) is 3.05. The highest BCUT2D eigenvalue weighted by atomic mass is 32.1. The molecule has 6 heteroatoms. The summed E-state index contributed by atoms with van der Waals surface area (Å²) in [4.78, 5) is 24.3. The van der Waals surface area contributed by atoms with E-state index < -0.39 is 12.1 Å². The Morgan fingerprint density at radius 2 is 2.45 bits per heavy atom. The summed E-state index contributed by atoms with van der Waals surface area (Å²) in [5.41, 5.74) is 0. The van der Waals surface area contributed by atoms with Gasteiger partial charge >= 0.3 is 5.97 Å². The van der Waals surface area contributed by atoms with Crippen LogP contribution in [-0.2, 0) is 14.3 Å². The number of carbonyl (C=O) groups excluding carboxylic acids is 2. The third kappa shape index (κ3) is 4.05. The minimum atomic E-state index is -0.744. The number of carbonyl (C=O) groups is 2. The van der Waals surface area contributed by atoms with Crippen molar-refractivity contribution in [1.82, 2.24) is 5.32 Å². The molecule has 2 atom stereocenters. The fraction of sp³-hybridized carbons (Fsp3) is 0.571. The van der Waals surface area contributed by atoms with Crippen molar-refractivity contribution in [3.05, 3.63) is 22.4 Å². The van der Waals surface area contributed by atoms with E-state index in [1.54, 1.807) is 17.5 Å². The number of rotatable bonds is 6. The Bertz CT molecular complexity index is 440. The van der Waals surface area contributed by atoms with Gasteiger partial charge in [-0.05, 0) is 30.7 Å². The van der Waals surface area contributed by atoms with E-state index in [4.69, 9.17) is 9.47 Å². The maximum atomic E-state index is 12.0. The van der Waals surface area contributed by atoms with E-state index in [1.165, 1.54) is 11.3 Å². The number of esters is 1. The molecule has 1 aliphatic rings. The van der Waals surface area contributed by atoms with Crippen molar-refractivity contribution in [1.29, 1.82) is 0 Å². The molecule has 0 unspecified atom stereocenters. The van der Waals surface area contributed by atoms with Crippen LogP contribution in [0.1, 0.15) is 35.9 Å². The van der Waals surface area contributed by atoms with Crippen LogP contribution in [0.5, 0.6) is 0 Å². The van der Waals surface area contributed by atoms with E-state index in [0.29, 0.717) is 17.8 Å². The fourth-order valence-corrected chi connectivity index (χ4v) is 2.64. The minimum absolute atomic E-state index is 0.0875. The molecule has 5 nitrogen and oxygen atoms in total. The Kier molecular flexibility index (Phi) is 5.55. The van der Waals surface area contributed by atoms with Crippen molar-refractivity contribution in [2.75, 3.05) is 13.2 Å². The van der Waals surface area contributed by atoms with E-state index in [0.717, 1.165) is 19.4 Å². The van der Waals surface area contributed by atoms with Gasteiger partial charge in [-0.3, -0.25) is 4.79 Å². The Labute approximate surface area is 122 Å². The molecule has 0 saturated carbocycles. The van der Waals surface area contributed by atoms with E-state index in [9.17, 15) is 9.59 Å². The van der Waals surface area contributed by atoms with Gasteiger partial charge in [-0.2, -0.15) is 0 Å². The molecule has 0 radical (unpaired) electrons. The van der Waals surface area contributed by atoms with Crippen LogP contribution in [0.2, 0.25) is 0 Å². The number of hydrogen-bond donors (Lipinski definition) is 1. The predicted molar refractivity (Wildman–Crippen MR) is 75.8 cm³/mol. The van der Waals surface area contributed by atoms with Crippen molar-refractivity contribution in [3.8, 4) is 0 Å². The van der Waals surface area contributed by atoms with Crippen LogP contribution in [0.4, 0.5) is 0 Å². The molecule has 20 heavy (non-hydrogen) atoms. The lowest BCUT2D eigenvalue weighted by molar-refractivity contribution is -0.130. The number of thiophene rings is 1. The van der Waals surface area contributed by atoms with Crippen LogP contribution < -0.4 is 5.32 Å². The molecule has 0 aromatic carbocycles. The zero-order valence-electron chi connectivity index (χ0n) is 11.5. The highest BCUT2D eigenvalue weighted by Gasteiger charge is 2.24. The van der Waals surface area contributed by atoms with Gasteiger partial charge in [-0.15, -0.1) is 11.3 Å². The van der Waals surface area contributed by atoms with Gasteiger partial charge in [0.1, 0.15) is 4.88 Å². The maximum Gasteiger partial charge on any atom is 0.349 e. The van der Waals surface area contributed by atoms with Crippen molar-refractivity contribution in [2.45, 2.75) is 38.4 Å². The molecule has 1 aromatic heterocycles. The van der Waals surface area contributed by atoms with Crippen LogP contribution in [0, 0.1) is 0 Å². The average molecular weight is 297 g/mol. The van der Waals surface area contributed by atoms with Crippen molar-refractivity contribution in [2.24, 2.45) is 0 Å². The summed E-state index contributed by atoms with van der Waals surface area (Å²) in [6, 6.07) is 3.46. The summed E-state index contributed by atoms with van der Waals surface area (Å²) in [5, 5.41) is 4.59. The molecule has 1 aliphatic heterocycles. The van der Waals surface area contributed by atoms with Gasteiger partial charge in [0.05, 0.1) is 6.10 Å². The van der Waals surface area contributed by atoms with Crippen LogP contribution in [0.3, 0.4) is 0 Å². The van der Waals surface area contributed by atoms with E-state index >= 15 is 0 Å². The molecule has 1 aromatic rings. The molecular formula is C14H19NO4S. The molecule has 0 bridgehead atoms. The van der Waals surface area contributed by atoms with Crippen LogP contribution in [0.15, 0.2) is 17.5 Å². The number of ether oxygens (including phenoxy) is 2. The third-order valence-corrected chi connectivity index (χ3v) is 4.01. The monoisotopic (exact) mass is 297 g/mol. The molecule has 1 amide bonds.